The van der Waals surface area contributed by atoms with Crippen molar-refractivity contribution in [3.8, 4) is 11.5 Å². The molecule has 0 N–H and O–H groups in total. The van der Waals surface area contributed by atoms with Crippen molar-refractivity contribution in [2.45, 2.75) is 25.3 Å². The Morgan fingerprint density at radius 2 is 2.00 bits per heavy atom. The SMILES string of the molecule is COc1cccc(CCC(=O)N2CCc3sccc3C2c2cccs2)c1OC. The van der Waals surface area contributed by atoms with E-state index < -0.39 is 0 Å². The number of carbonyl (C=O) groups excluding carboxylic acids is 1. The Hall–Kier alpha value is -2.31. The maximum absolute atomic E-state index is 13.2. The maximum atomic E-state index is 13.2. The summed E-state index contributed by atoms with van der Waals surface area (Å²) in [5.41, 5.74) is 2.28. The smallest absolute Gasteiger partial charge is 0.223 e. The van der Waals surface area contributed by atoms with Crippen LogP contribution in [0.3, 0.4) is 0 Å². The lowest BCUT2D eigenvalue weighted by Crippen LogP contribution is -2.39. The lowest BCUT2D eigenvalue weighted by Gasteiger charge is -2.35. The zero-order valence-electron chi connectivity index (χ0n) is 16.0. The second-order valence-electron chi connectivity index (χ2n) is 6.71. The van der Waals surface area contributed by atoms with E-state index in [1.165, 1.54) is 15.3 Å². The number of methoxy groups -OCH3 is 2. The van der Waals surface area contributed by atoms with Gasteiger partial charge in [0.05, 0.1) is 20.3 Å². The van der Waals surface area contributed by atoms with Gasteiger partial charge in [0.15, 0.2) is 11.5 Å². The summed E-state index contributed by atoms with van der Waals surface area (Å²) >= 11 is 3.51. The molecule has 0 radical (unpaired) electrons. The van der Waals surface area contributed by atoms with Crippen molar-refractivity contribution in [2.24, 2.45) is 0 Å². The van der Waals surface area contributed by atoms with Gasteiger partial charge in [-0.15, -0.1) is 22.7 Å². The summed E-state index contributed by atoms with van der Waals surface area (Å²) in [6.07, 6.45) is 2.01. The molecule has 28 heavy (non-hydrogen) atoms. The van der Waals surface area contributed by atoms with Crippen LogP contribution in [0.5, 0.6) is 11.5 Å². The second-order valence-corrected chi connectivity index (χ2v) is 8.69. The van der Waals surface area contributed by atoms with Crippen LogP contribution in [0.25, 0.3) is 0 Å². The van der Waals surface area contributed by atoms with Crippen LogP contribution >= 0.6 is 22.7 Å². The zero-order chi connectivity index (χ0) is 19.5. The monoisotopic (exact) mass is 413 g/mol. The van der Waals surface area contributed by atoms with Crippen molar-refractivity contribution >= 4 is 28.6 Å². The molecule has 0 saturated heterocycles. The molecule has 0 fully saturated rings. The average molecular weight is 414 g/mol. The number of thiophene rings is 2. The molecule has 0 spiro atoms. The summed E-state index contributed by atoms with van der Waals surface area (Å²) in [7, 11) is 3.27. The summed E-state index contributed by atoms with van der Waals surface area (Å²) in [5.74, 6) is 1.59. The second kappa shape index (κ2) is 8.37. The molecule has 146 valence electrons. The minimum atomic E-state index is 0.0368. The highest BCUT2D eigenvalue weighted by Crippen LogP contribution is 2.40. The third-order valence-corrected chi connectivity index (χ3v) is 7.11. The molecule has 2 aromatic heterocycles. The summed E-state index contributed by atoms with van der Waals surface area (Å²) in [5, 5.41) is 4.22. The van der Waals surface area contributed by atoms with E-state index in [0.29, 0.717) is 24.3 Å². The van der Waals surface area contributed by atoms with Crippen molar-refractivity contribution in [3.05, 3.63) is 68.0 Å². The quantitative estimate of drug-likeness (QED) is 0.575. The van der Waals surface area contributed by atoms with Gasteiger partial charge in [0.25, 0.3) is 0 Å². The highest BCUT2D eigenvalue weighted by atomic mass is 32.1. The zero-order valence-corrected chi connectivity index (χ0v) is 17.6. The van der Waals surface area contributed by atoms with E-state index in [0.717, 1.165) is 18.5 Å². The van der Waals surface area contributed by atoms with Gasteiger partial charge in [-0.2, -0.15) is 0 Å². The van der Waals surface area contributed by atoms with Gasteiger partial charge < -0.3 is 14.4 Å². The Balaban J connectivity index is 1.55. The number of aryl methyl sites for hydroxylation is 1. The van der Waals surface area contributed by atoms with Crippen molar-refractivity contribution in [1.82, 2.24) is 4.90 Å². The fourth-order valence-electron chi connectivity index (χ4n) is 3.87. The minimum Gasteiger partial charge on any atom is -0.493 e. The Morgan fingerprint density at radius 1 is 1.11 bits per heavy atom. The van der Waals surface area contributed by atoms with Gasteiger partial charge in [-0.1, -0.05) is 18.2 Å². The van der Waals surface area contributed by atoms with E-state index in [1.807, 2.05) is 23.1 Å². The molecule has 1 aliphatic heterocycles. The van der Waals surface area contributed by atoms with Crippen LogP contribution < -0.4 is 9.47 Å². The fraction of sp³-hybridized carbons (Fsp3) is 0.318. The topological polar surface area (TPSA) is 38.8 Å². The molecule has 1 atom stereocenters. The number of amides is 1. The van der Waals surface area contributed by atoms with Crippen molar-refractivity contribution in [1.29, 1.82) is 0 Å². The van der Waals surface area contributed by atoms with E-state index >= 15 is 0 Å². The minimum absolute atomic E-state index is 0.0368. The molecule has 1 amide bonds. The van der Waals surface area contributed by atoms with Crippen LogP contribution in [0.2, 0.25) is 0 Å². The van der Waals surface area contributed by atoms with Crippen LogP contribution in [-0.2, 0) is 17.6 Å². The molecular weight excluding hydrogens is 390 g/mol. The first kappa shape index (κ1) is 19.0. The molecule has 1 unspecified atom stereocenters. The fourth-order valence-corrected chi connectivity index (χ4v) is 5.63. The third kappa shape index (κ3) is 3.54. The molecule has 1 aliphatic rings. The number of hydrogen-bond donors (Lipinski definition) is 0. The van der Waals surface area contributed by atoms with Gasteiger partial charge in [-0.3, -0.25) is 4.79 Å². The predicted octanol–water partition coefficient (Wildman–Crippen LogP) is 4.93. The first-order chi connectivity index (χ1) is 13.7. The van der Waals surface area contributed by atoms with E-state index in [4.69, 9.17) is 9.47 Å². The molecule has 0 saturated carbocycles. The Bertz CT molecular complexity index is 949. The first-order valence-electron chi connectivity index (χ1n) is 9.32. The van der Waals surface area contributed by atoms with E-state index in [1.54, 1.807) is 36.9 Å². The molecule has 0 bridgehead atoms. The number of fused-ring (bicyclic) bond motifs is 1. The normalized spacial score (nSPS) is 15.9. The predicted molar refractivity (Wildman–Crippen MR) is 114 cm³/mol. The highest BCUT2D eigenvalue weighted by molar-refractivity contribution is 7.10. The molecular formula is C22H23NO3S2. The largest absolute Gasteiger partial charge is 0.493 e. The standard InChI is InChI=1S/C22H23NO3S2/c1-25-17-6-3-5-15(22(17)26-2)8-9-20(24)23-12-10-18-16(11-14-28-18)21(23)19-7-4-13-27-19/h3-7,11,13-14,21H,8-10,12H2,1-2H3. The lowest BCUT2D eigenvalue weighted by molar-refractivity contribution is -0.133. The van der Waals surface area contributed by atoms with E-state index in [9.17, 15) is 4.79 Å². The maximum Gasteiger partial charge on any atom is 0.223 e. The number of rotatable bonds is 6. The molecule has 0 aliphatic carbocycles. The summed E-state index contributed by atoms with van der Waals surface area (Å²) in [6, 6.07) is 12.2. The summed E-state index contributed by atoms with van der Waals surface area (Å²) in [4.78, 5) is 17.9. The molecule has 3 heterocycles. The van der Waals surface area contributed by atoms with Crippen molar-refractivity contribution in [2.75, 3.05) is 20.8 Å². The average Bonchev–Trinajstić information content (AvgIpc) is 3.42. The third-order valence-electron chi connectivity index (χ3n) is 5.19. The summed E-state index contributed by atoms with van der Waals surface area (Å²) in [6.45, 7) is 0.768. The molecule has 4 rings (SSSR count). The van der Waals surface area contributed by atoms with Gasteiger partial charge >= 0.3 is 0 Å². The van der Waals surface area contributed by atoms with E-state index in [-0.39, 0.29) is 11.9 Å². The number of para-hydroxylation sites is 1. The van der Waals surface area contributed by atoms with Crippen LogP contribution in [0.15, 0.2) is 47.2 Å². The lowest BCUT2D eigenvalue weighted by atomic mass is 9.97. The van der Waals surface area contributed by atoms with Gasteiger partial charge in [-0.25, -0.2) is 0 Å². The van der Waals surface area contributed by atoms with Gasteiger partial charge in [0, 0.05) is 22.7 Å². The van der Waals surface area contributed by atoms with Crippen LogP contribution in [0.4, 0.5) is 0 Å². The molecule has 3 aromatic rings. The van der Waals surface area contributed by atoms with Crippen molar-refractivity contribution < 1.29 is 14.3 Å². The van der Waals surface area contributed by atoms with Gasteiger partial charge in [0.1, 0.15) is 0 Å². The number of hydrogen-bond acceptors (Lipinski definition) is 5. The number of benzene rings is 1. The first-order valence-corrected chi connectivity index (χ1v) is 11.1. The molecule has 6 heteroatoms. The van der Waals surface area contributed by atoms with Crippen LogP contribution in [0.1, 0.15) is 33.3 Å². The Labute approximate surface area is 173 Å². The van der Waals surface area contributed by atoms with Crippen LogP contribution in [0, 0.1) is 0 Å². The van der Waals surface area contributed by atoms with E-state index in [2.05, 4.69) is 29.0 Å². The van der Waals surface area contributed by atoms with Gasteiger partial charge in [0.2, 0.25) is 5.91 Å². The molecule has 4 nitrogen and oxygen atoms in total. The number of ether oxygens (including phenoxy) is 2. The molecule has 1 aromatic carbocycles. The van der Waals surface area contributed by atoms with Crippen LogP contribution in [-0.4, -0.2) is 31.6 Å². The Kier molecular flexibility index (Phi) is 5.69. The summed E-state index contributed by atoms with van der Waals surface area (Å²) < 4.78 is 10.9. The van der Waals surface area contributed by atoms with Gasteiger partial charge in [-0.05, 0) is 52.9 Å². The Morgan fingerprint density at radius 3 is 2.75 bits per heavy atom. The number of carbonyl (C=O) groups is 1. The van der Waals surface area contributed by atoms with Crippen molar-refractivity contribution in [3.63, 3.8) is 0 Å². The number of nitrogens with zero attached hydrogens (tertiary/aromatic N) is 1. The highest BCUT2D eigenvalue weighted by Gasteiger charge is 2.33.